The van der Waals surface area contributed by atoms with Crippen molar-refractivity contribution >= 4 is 5.97 Å². The van der Waals surface area contributed by atoms with Crippen molar-refractivity contribution in [2.24, 2.45) is 0 Å². The van der Waals surface area contributed by atoms with Crippen molar-refractivity contribution in [2.75, 3.05) is 20.3 Å². The Hall–Kier alpha value is -1.63. The van der Waals surface area contributed by atoms with Gasteiger partial charge in [0.05, 0.1) is 39.5 Å². The lowest BCUT2D eigenvalue weighted by Crippen LogP contribution is -2.36. The van der Waals surface area contributed by atoms with Crippen molar-refractivity contribution in [2.45, 2.75) is 63.6 Å². The van der Waals surface area contributed by atoms with Crippen molar-refractivity contribution in [3.05, 3.63) is 29.8 Å². The Labute approximate surface area is 154 Å². The van der Waals surface area contributed by atoms with E-state index in [9.17, 15) is 4.79 Å². The van der Waals surface area contributed by atoms with Gasteiger partial charge in [-0.2, -0.15) is 0 Å². The van der Waals surface area contributed by atoms with Gasteiger partial charge in [0.15, 0.2) is 5.79 Å². The molecule has 1 aromatic carbocycles. The lowest BCUT2D eigenvalue weighted by atomic mass is 9.99. The highest BCUT2D eigenvalue weighted by atomic mass is 16.7. The molecule has 2 heterocycles. The molecule has 1 spiro atoms. The van der Waals surface area contributed by atoms with E-state index in [1.807, 2.05) is 31.2 Å². The molecule has 2 atom stereocenters. The molecule has 2 aliphatic heterocycles. The van der Waals surface area contributed by atoms with E-state index in [-0.39, 0.29) is 24.6 Å². The summed E-state index contributed by atoms with van der Waals surface area (Å²) >= 11 is 0. The van der Waals surface area contributed by atoms with Crippen molar-refractivity contribution in [1.29, 1.82) is 0 Å². The SMILES string of the molecule is COc1ccc(CO[C@@H]2CCCC3(CC(=O)O[C@H](C)C2)OCCO3)cc1. The molecule has 2 aliphatic rings. The third-order valence-corrected chi connectivity index (χ3v) is 4.88. The first kappa shape index (κ1) is 19.1. The second-order valence-electron chi connectivity index (χ2n) is 6.99. The fourth-order valence-electron chi connectivity index (χ4n) is 3.54. The number of benzene rings is 1. The summed E-state index contributed by atoms with van der Waals surface area (Å²) in [5, 5.41) is 0. The fraction of sp³-hybridized carbons (Fsp3) is 0.650. The monoisotopic (exact) mass is 364 g/mol. The lowest BCUT2D eigenvalue weighted by Gasteiger charge is -2.30. The number of methoxy groups -OCH3 is 1. The minimum absolute atomic E-state index is 0.0245. The highest BCUT2D eigenvalue weighted by Crippen LogP contribution is 2.32. The molecule has 0 N–H and O–H groups in total. The smallest absolute Gasteiger partial charge is 0.311 e. The number of rotatable bonds is 4. The Morgan fingerprint density at radius 2 is 1.92 bits per heavy atom. The van der Waals surface area contributed by atoms with Gasteiger partial charge < -0.3 is 23.7 Å². The summed E-state index contributed by atoms with van der Waals surface area (Å²) in [6.45, 7) is 3.49. The van der Waals surface area contributed by atoms with Gasteiger partial charge in [-0.15, -0.1) is 0 Å². The summed E-state index contributed by atoms with van der Waals surface area (Å²) in [6, 6.07) is 7.85. The van der Waals surface area contributed by atoms with E-state index in [1.54, 1.807) is 7.11 Å². The van der Waals surface area contributed by atoms with E-state index in [4.69, 9.17) is 23.7 Å². The predicted octanol–water partition coefficient (Wildman–Crippen LogP) is 3.22. The van der Waals surface area contributed by atoms with Crippen LogP contribution in [0.15, 0.2) is 24.3 Å². The molecule has 6 heteroatoms. The number of hydrogen-bond donors (Lipinski definition) is 0. The Kier molecular flexibility index (Phi) is 6.51. The summed E-state index contributed by atoms with van der Waals surface area (Å²) in [5.41, 5.74) is 1.09. The largest absolute Gasteiger partial charge is 0.497 e. The second-order valence-corrected chi connectivity index (χ2v) is 6.99. The average molecular weight is 364 g/mol. The third-order valence-electron chi connectivity index (χ3n) is 4.88. The molecule has 3 rings (SSSR count). The van der Waals surface area contributed by atoms with E-state index >= 15 is 0 Å². The van der Waals surface area contributed by atoms with Gasteiger partial charge in [0, 0.05) is 12.8 Å². The molecule has 0 radical (unpaired) electrons. The van der Waals surface area contributed by atoms with Crippen LogP contribution in [0.2, 0.25) is 0 Å². The number of cyclic esters (lactones) is 1. The van der Waals surface area contributed by atoms with Gasteiger partial charge >= 0.3 is 5.97 Å². The minimum atomic E-state index is -0.811. The van der Waals surface area contributed by atoms with Crippen molar-refractivity contribution < 1.29 is 28.5 Å². The molecule has 0 aliphatic carbocycles. The van der Waals surface area contributed by atoms with Crippen LogP contribution in [-0.2, 0) is 30.3 Å². The highest BCUT2D eigenvalue weighted by Gasteiger charge is 2.40. The Morgan fingerprint density at radius 3 is 2.62 bits per heavy atom. The van der Waals surface area contributed by atoms with Gasteiger partial charge in [0.25, 0.3) is 0 Å². The van der Waals surface area contributed by atoms with Gasteiger partial charge in [-0.3, -0.25) is 4.79 Å². The van der Waals surface area contributed by atoms with Crippen LogP contribution in [0.4, 0.5) is 0 Å². The summed E-state index contributed by atoms with van der Waals surface area (Å²) in [7, 11) is 1.65. The molecule has 0 amide bonds. The van der Waals surface area contributed by atoms with Crippen LogP contribution in [0, 0.1) is 0 Å². The van der Waals surface area contributed by atoms with Gasteiger partial charge in [-0.1, -0.05) is 12.1 Å². The quantitative estimate of drug-likeness (QED) is 0.765. The number of carbonyl (C=O) groups is 1. The van der Waals surface area contributed by atoms with Gasteiger partial charge in [0.1, 0.15) is 11.9 Å². The summed E-state index contributed by atoms with van der Waals surface area (Å²) < 4.78 is 28.3. The molecule has 0 bridgehead atoms. The van der Waals surface area contributed by atoms with Crippen LogP contribution in [0.5, 0.6) is 5.75 Å². The van der Waals surface area contributed by atoms with Gasteiger partial charge in [0.2, 0.25) is 0 Å². The average Bonchev–Trinajstić information content (AvgIpc) is 3.07. The Bertz CT molecular complexity index is 578. The third kappa shape index (κ3) is 5.19. The number of ether oxygens (including phenoxy) is 5. The second kappa shape index (κ2) is 8.84. The normalized spacial score (nSPS) is 26.5. The van der Waals surface area contributed by atoms with Crippen molar-refractivity contribution in [1.82, 2.24) is 0 Å². The molecular formula is C20H28O6. The van der Waals surface area contributed by atoms with E-state index in [0.717, 1.165) is 24.2 Å². The molecule has 1 aromatic rings. The molecule has 26 heavy (non-hydrogen) atoms. The van der Waals surface area contributed by atoms with E-state index < -0.39 is 5.79 Å². The van der Waals surface area contributed by atoms with Gasteiger partial charge in [-0.25, -0.2) is 0 Å². The molecule has 2 saturated heterocycles. The Morgan fingerprint density at radius 1 is 1.19 bits per heavy atom. The van der Waals surface area contributed by atoms with Gasteiger partial charge in [-0.05, 0) is 37.5 Å². The van der Waals surface area contributed by atoms with Crippen molar-refractivity contribution in [3.8, 4) is 5.75 Å². The molecule has 144 valence electrons. The zero-order valence-electron chi connectivity index (χ0n) is 15.6. The summed E-state index contributed by atoms with van der Waals surface area (Å²) in [6.07, 6.45) is 3.13. The van der Waals surface area contributed by atoms with E-state index in [0.29, 0.717) is 32.7 Å². The maximum Gasteiger partial charge on any atom is 0.311 e. The molecule has 6 nitrogen and oxygen atoms in total. The maximum atomic E-state index is 12.2. The number of carbonyl (C=O) groups excluding carboxylic acids is 1. The lowest BCUT2D eigenvalue weighted by molar-refractivity contribution is -0.191. The molecule has 0 unspecified atom stereocenters. The minimum Gasteiger partial charge on any atom is -0.497 e. The first-order valence-corrected chi connectivity index (χ1v) is 9.30. The van der Waals surface area contributed by atoms with Crippen molar-refractivity contribution in [3.63, 3.8) is 0 Å². The maximum absolute atomic E-state index is 12.2. The van der Waals surface area contributed by atoms with Crippen LogP contribution in [0.1, 0.15) is 44.6 Å². The Balaban J connectivity index is 1.58. The summed E-state index contributed by atoms with van der Waals surface area (Å²) in [4.78, 5) is 12.2. The molecule has 2 fully saturated rings. The zero-order chi connectivity index (χ0) is 18.4. The van der Waals surface area contributed by atoms with Crippen LogP contribution in [-0.4, -0.2) is 44.3 Å². The van der Waals surface area contributed by atoms with Crippen LogP contribution in [0.25, 0.3) is 0 Å². The standard InChI is InChI=1S/C20H28O6/c1-15-12-18(23-14-16-5-7-17(22-2)8-6-16)4-3-9-20(13-19(21)26-15)24-10-11-25-20/h5-8,15,18H,3-4,9-14H2,1-2H3/t15-,18-/m1/s1. The summed E-state index contributed by atoms with van der Waals surface area (Å²) in [5.74, 6) is -0.251. The molecule has 0 saturated carbocycles. The molecule has 0 aromatic heterocycles. The predicted molar refractivity (Wildman–Crippen MR) is 94.8 cm³/mol. The van der Waals surface area contributed by atoms with Crippen LogP contribution in [0.3, 0.4) is 0 Å². The molecular weight excluding hydrogens is 336 g/mol. The first-order valence-electron chi connectivity index (χ1n) is 9.30. The number of esters is 1. The van der Waals surface area contributed by atoms with Crippen LogP contribution < -0.4 is 4.74 Å². The van der Waals surface area contributed by atoms with E-state index in [1.165, 1.54) is 0 Å². The topological polar surface area (TPSA) is 63.2 Å². The highest BCUT2D eigenvalue weighted by molar-refractivity contribution is 5.70. The number of hydrogen-bond acceptors (Lipinski definition) is 6. The van der Waals surface area contributed by atoms with E-state index in [2.05, 4.69) is 0 Å². The van der Waals surface area contributed by atoms with Crippen LogP contribution >= 0.6 is 0 Å². The fourth-order valence-corrected chi connectivity index (χ4v) is 3.54. The first-order chi connectivity index (χ1) is 12.6. The zero-order valence-corrected chi connectivity index (χ0v) is 15.6.